The predicted octanol–water partition coefficient (Wildman–Crippen LogP) is 16.2. The van der Waals surface area contributed by atoms with Gasteiger partial charge in [-0.3, -0.25) is 0 Å². The van der Waals surface area contributed by atoms with E-state index in [0.717, 1.165) is 51.4 Å². The van der Waals surface area contributed by atoms with Gasteiger partial charge in [-0.1, -0.05) is 313 Å². The topological polar surface area (TPSA) is 126 Å². The van der Waals surface area contributed by atoms with Crippen LogP contribution in [0, 0.1) is 0 Å². The average molecular weight is 1100 g/mol. The number of hydrogen-bond donors (Lipinski definition) is 0. The number of hydrogen-bond acceptors (Lipinski definition) is 6. The second-order valence-corrected chi connectivity index (χ2v) is 22.6. The van der Waals surface area contributed by atoms with Crippen LogP contribution in [-0.4, -0.2) is 38.6 Å². The quantitative estimate of drug-likeness (QED) is 0.0339. The average Bonchev–Trinajstić information content (AvgIpc) is 3.21. The molecule has 2 unspecified atom stereocenters. The molecule has 61 heavy (non-hydrogen) atoms. The molecule has 9 heteroatoms. The summed E-state index contributed by atoms with van der Waals surface area (Å²) in [4.78, 5) is 46.4. The second-order valence-electron chi connectivity index (χ2n) is 19.0. The van der Waals surface area contributed by atoms with Gasteiger partial charge < -0.3 is 28.7 Å². The molecule has 0 aromatic carbocycles. The molecule has 0 aromatic heterocycles. The van der Waals surface area contributed by atoms with Crippen molar-refractivity contribution in [3.05, 3.63) is 0 Å². The molecule has 0 aromatic rings. The summed E-state index contributed by atoms with van der Waals surface area (Å²) in [6.45, 7) is 8.99. The summed E-state index contributed by atoms with van der Waals surface area (Å²) in [5.74, 6) is 0. The van der Waals surface area contributed by atoms with Crippen molar-refractivity contribution >= 4 is 42.5 Å². The van der Waals surface area contributed by atoms with E-state index in [1.165, 1.54) is 218 Å². The van der Waals surface area contributed by atoms with Gasteiger partial charge in [-0.05, 0) is 37.0 Å². The van der Waals surface area contributed by atoms with Crippen molar-refractivity contribution in [2.45, 2.75) is 334 Å². The molecule has 0 saturated heterocycles. The molecular formula is C52H106O6P2Pb. The van der Waals surface area contributed by atoms with Crippen LogP contribution < -0.4 is 19.6 Å². The monoisotopic (exact) mass is 1100 g/mol. The Hall–Kier alpha value is 1.22. The Morgan fingerprint density at radius 1 is 0.246 bits per heavy atom. The van der Waals surface area contributed by atoms with Crippen LogP contribution in [0.2, 0.25) is 0 Å². The molecule has 0 amide bonds. The zero-order valence-corrected chi connectivity index (χ0v) is 47.2. The fourth-order valence-corrected chi connectivity index (χ4v) is 10.7. The van der Waals surface area contributed by atoms with Crippen molar-refractivity contribution in [2.24, 2.45) is 0 Å². The summed E-state index contributed by atoms with van der Waals surface area (Å²) in [7, 11) is -8.87. The van der Waals surface area contributed by atoms with Crippen LogP contribution in [0.3, 0.4) is 0 Å². The van der Waals surface area contributed by atoms with Crippen molar-refractivity contribution in [1.82, 2.24) is 0 Å². The van der Waals surface area contributed by atoms with Crippen molar-refractivity contribution in [2.75, 3.05) is 0 Å². The van der Waals surface area contributed by atoms with Gasteiger partial charge in [0.05, 0.1) is 0 Å². The number of rotatable bonds is 48. The SMILES string of the molecule is CCCCCCCCCCCCCC(CCCCCCCCCCCC)P(=O)([O-])[O-].CCCCCCCCCCCCCC(CCCCCCCCCCCC)P(=O)([O-])[O-].[Pb+4]. The van der Waals surface area contributed by atoms with Crippen LogP contribution in [0.4, 0.5) is 0 Å². The van der Waals surface area contributed by atoms with E-state index in [4.69, 9.17) is 0 Å². The van der Waals surface area contributed by atoms with Gasteiger partial charge >= 0.3 is 27.3 Å². The van der Waals surface area contributed by atoms with Crippen LogP contribution in [0.1, 0.15) is 323 Å². The minimum absolute atomic E-state index is 0. The molecular weight excluding hydrogens is 990 g/mol. The normalized spacial score (nSPS) is 12.9. The van der Waals surface area contributed by atoms with E-state index < -0.39 is 26.5 Å². The van der Waals surface area contributed by atoms with Crippen LogP contribution in [0.5, 0.6) is 0 Å². The van der Waals surface area contributed by atoms with E-state index >= 15 is 0 Å². The predicted molar refractivity (Wildman–Crippen MR) is 264 cm³/mol. The van der Waals surface area contributed by atoms with Crippen molar-refractivity contribution in [3.63, 3.8) is 0 Å². The van der Waals surface area contributed by atoms with Gasteiger partial charge in [0.25, 0.3) is 0 Å². The van der Waals surface area contributed by atoms with Crippen molar-refractivity contribution < 1.29 is 28.7 Å². The maximum absolute atomic E-state index is 11.6. The smallest absolute Gasteiger partial charge is 0.811 e. The maximum atomic E-state index is 11.6. The summed E-state index contributed by atoms with van der Waals surface area (Å²) >= 11 is 0. The summed E-state index contributed by atoms with van der Waals surface area (Å²) in [5.41, 5.74) is -1.24. The summed E-state index contributed by atoms with van der Waals surface area (Å²) in [6, 6.07) is 0. The van der Waals surface area contributed by atoms with Crippen LogP contribution >= 0.6 is 15.2 Å². The third-order valence-corrected chi connectivity index (χ3v) is 15.8. The largest absolute Gasteiger partial charge is 4.00 e. The molecule has 0 heterocycles. The maximum Gasteiger partial charge on any atom is 4.00 e. The molecule has 6 nitrogen and oxygen atoms in total. The molecule has 0 bridgehead atoms. The fourth-order valence-electron chi connectivity index (χ4n) is 8.74. The fraction of sp³-hybridized carbons (Fsp3) is 1.00. The summed E-state index contributed by atoms with van der Waals surface area (Å²) < 4.78 is 23.2. The molecule has 364 valence electrons. The molecule has 0 aliphatic carbocycles. The first-order valence-corrected chi connectivity index (χ1v) is 30.3. The first-order chi connectivity index (χ1) is 29.0. The van der Waals surface area contributed by atoms with Gasteiger partial charge in [0.2, 0.25) is 0 Å². The summed E-state index contributed by atoms with van der Waals surface area (Å²) in [5, 5.41) is 0. The number of unbranched alkanes of at least 4 members (excludes halogenated alkanes) is 38. The standard InChI is InChI=1S/2C26H55O3P.Pb/c2*1-3-5-7-9-11-13-15-17-19-21-23-25-26(30(27,28)29)24-22-20-18-16-14-12-10-8-6-4-2;/h2*26H,3-25H2,1-2H3,(H2,27,28,29);/q;;+4/p-4. The van der Waals surface area contributed by atoms with E-state index in [2.05, 4.69) is 27.7 Å². The first-order valence-electron chi connectivity index (χ1n) is 27.1. The first kappa shape index (κ1) is 66.5. The Bertz CT molecular complexity index is 840. The van der Waals surface area contributed by atoms with E-state index in [1.54, 1.807) is 0 Å². The van der Waals surface area contributed by atoms with Gasteiger partial charge in [0.15, 0.2) is 0 Å². The van der Waals surface area contributed by atoms with Gasteiger partial charge in [0, 0.05) is 0 Å². The molecule has 0 radical (unpaired) electrons. The second kappa shape index (κ2) is 52.2. The summed E-state index contributed by atoms with van der Waals surface area (Å²) in [6.07, 6.45) is 54.7. The molecule has 0 aliphatic rings. The van der Waals surface area contributed by atoms with E-state index in [9.17, 15) is 28.7 Å². The van der Waals surface area contributed by atoms with Crippen molar-refractivity contribution in [3.8, 4) is 0 Å². The third kappa shape index (κ3) is 53.7. The third-order valence-electron chi connectivity index (χ3n) is 13.0. The zero-order chi connectivity index (χ0) is 44.7. The molecule has 0 N–H and O–H groups in total. The van der Waals surface area contributed by atoms with Gasteiger partial charge in [-0.25, -0.2) is 0 Å². The molecule has 0 fully saturated rings. The van der Waals surface area contributed by atoms with Gasteiger partial charge in [-0.2, -0.15) is 0 Å². The zero-order valence-electron chi connectivity index (χ0n) is 41.5. The Kier molecular flexibility index (Phi) is 56.9. The molecule has 0 aliphatic heterocycles. The van der Waals surface area contributed by atoms with E-state index in [0.29, 0.717) is 25.7 Å². The molecule has 0 spiro atoms. The minimum Gasteiger partial charge on any atom is -0.811 e. The van der Waals surface area contributed by atoms with Gasteiger partial charge in [0.1, 0.15) is 0 Å². The van der Waals surface area contributed by atoms with Crippen LogP contribution in [0.15, 0.2) is 0 Å². The Balaban J connectivity index is -0.00000109. The minimum atomic E-state index is -4.43. The molecule has 2 atom stereocenters. The Labute approximate surface area is 403 Å². The Morgan fingerprint density at radius 2 is 0.361 bits per heavy atom. The molecule has 0 rings (SSSR count). The van der Waals surface area contributed by atoms with Crippen molar-refractivity contribution in [1.29, 1.82) is 0 Å². The van der Waals surface area contributed by atoms with Crippen LogP contribution in [0.25, 0.3) is 0 Å². The Morgan fingerprint density at radius 3 is 0.475 bits per heavy atom. The van der Waals surface area contributed by atoms with E-state index in [1.807, 2.05) is 0 Å². The van der Waals surface area contributed by atoms with E-state index in [-0.39, 0.29) is 27.3 Å². The van der Waals surface area contributed by atoms with Gasteiger partial charge in [-0.15, -0.1) is 0 Å². The molecule has 0 saturated carbocycles. The van der Waals surface area contributed by atoms with Crippen LogP contribution in [-0.2, 0) is 9.13 Å².